The third-order valence-corrected chi connectivity index (χ3v) is 8.36. The molecule has 0 radical (unpaired) electrons. The fourth-order valence-electron chi connectivity index (χ4n) is 5.36. The maximum absolute atomic E-state index is 14.2. The molecule has 1 saturated carbocycles. The van der Waals surface area contributed by atoms with Crippen molar-refractivity contribution in [3.8, 4) is 11.6 Å². The van der Waals surface area contributed by atoms with Crippen LogP contribution in [0.1, 0.15) is 36.6 Å². The van der Waals surface area contributed by atoms with Gasteiger partial charge in [0.05, 0.1) is 11.3 Å². The molecule has 2 aliphatic rings. The first-order valence-corrected chi connectivity index (χ1v) is 12.0. The molecule has 12 heteroatoms. The quantitative estimate of drug-likeness (QED) is 0.228. The van der Waals surface area contributed by atoms with Crippen LogP contribution in [0.4, 0.5) is 17.6 Å². The number of alkyl halides is 3. The summed E-state index contributed by atoms with van der Waals surface area (Å²) in [5.41, 5.74) is -0.0628. The molecule has 1 aromatic carbocycles. The molecule has 1 aliphatic carbocycles. The predicted molar refractivity (Wildman–Crippen MR) is 126 cm³/mol. The molecule has 1 saturated heterocycles. The number of halogens is 5. The van der Waals surface area contributed by atoms with E-state index in [1.54, 1.807) is 11.8 Å². The number of thioether (sulfide) groups is 1. The van der Waals surface area contributed by atoms with Gasteiger partial charge in [0.15, 0.2) is 17.3 Å². The molecule has 5 rings (SSSR count). The molecule has 3 heterocycles. The average molecular weight is 532 g/mol. The monoisotopic (exact) mass is 531 g/mol. The highest BCUT2D eigenvalue weighted by Gasteiger charge is 2.69. The normalized spacial score (nSPS) is 23.9. The Hall–Kier alpha value is -2.11. The summed E-state index contributed by atoms with van der Waals surface area (Å²) in [6.07, 6.45) is -1.50. The SMILES string of the molecule is Cc1ncoc1-c1nnc(SCCCN2CC3(C)CC3(c3ccc(C(F)(F)F)c(F)c3)C2)n1C.Cl. The molecule has 2 fully saturated rings. The number of likely N-dealkylation sites (tertiary alicyclic amines) is 1. The zero-order chi connectivity index (χ0) is 24.3. The highest BCUT2D eigenvalue weighted by atomic mass is 35.5. The van der Waals surface area contributed by atoms with Crippen LogP contribution in [0.3, 0.4) is 0 Å². The third-order valence-electron chi connectivity index (χ3n) is 7.25. The maximum atomic E-state index is 14.2. The van der Waals surface area contributed by atoms with Crippen LogP contribution >= 0.6 is 24.2 Å². The molecular weight excluding hydrogens is 506 g/mol. The van der Waals surface area contributed by atoms with Gasteiger partial charge in [0.2, 0.25) is 5.82 Å². The van der Waals surface area contributed by atoms with Gasteiger partial charge in [-0.1, -0.05) is 24.8 Å². The fourth-order valence-corrected chi connectivity index (χ4v) is 6.19. The van der Waals surface area contributed by atoms with Crippen LogP contribution in [-0.4, -0.2) is 50.0 Å². The van der Waals surface area contributed by atoms with E-state index in [1.165, 1.54) is 12.5 Å². The molecule has 0 amide bonds. The van der Waals surface area contributed by atoms with Gasteiger partial charge in [-0.2, -0.15) is 13.2 Å². The van der Waals surface area contributed by atoms with Crippen molar-refractivity contribution in [1.82, 2.24) is 24.6 Å². The minimum absolute atomic E-state index is 0. The summed E-state index contributed by atoms with van der Waals surface area (Å²) in [5, 5.41) is 9.26. The second-order valence-corrected chi connectivity index (χ2v) is 10.6. The van der Waals surface area contributed by atoms with Gasteiger partial charge in [-0.05, 0) is 49.4 Å². The number of piperidine rings is 1. The van der Waals surface area contributed by atoms with Crippen molar-refractivity contribution in [1.29, 1.82) is 0 Å². The Bertz CT molecular complexity index is 1230. The van der Waals surface area contributed by atoms with Crippen LogP contribution in [0, 0.1) is 18.2 Å². The lowest BCUT2D eigenvalue weighted by atomic mass is 9.89. The number of aryl methyl sites for hydroxylation is 1. The molecule has 0 spiro atoms. The standard InChI is InChI=1S/C23H25F4N5OS.ClH/c1-14-18(33-13-28-14)19-29-30-20(31(19)3)34-8-4-7-32-11-21(2)10-22(21,12-32)15-5-6-16(17(24)9-15)23(25,26)27;/h5-6,9,13H,4,7-8,10-12H2,1-3H3;1H. The predicted octanol–water partition coefficient (Wildman–Crippen LogP) is 5.50. The molecule has 0 N–H and O–H groups in total. The van der Waals surface area contributed by atoms with Gasteiger partial charge in [-0.3, -0.25) is 0 Å². The Morgan fingerprint density at radius 2 is 1.97 bits per heavy atom. The lowest BCUT2D eigenvalue weighted by Crippen LogP contribution is -2.28. The zero-order valence-corrected chi connectivity index (χ0v) is 21.2. The van der Waals surface area contributed by atoms with Gasteiger partial charge >= 0.3 is 6.18 Å². The van der Waals surface area contributed by atoms with Crippen molar-refractivity contribution in [3.63, 3.8) is 0 Å². The summed E-state index contributed by atoms with van der Waals surface area (Å²) < 4.78 is 60.3. The van der Waals surface area contributed by atoms with Crippen molar-refractivity contribution in [2.75, 3.05) is 25.4 Å². The molecular formula is C23H26ClF4N5OS. The van der Waals surface area contributed by atoms with Crippen LogP contribution in [0.25, 0.3) is 11.6 Å². The maximum Gasteiger partial charge on any atom is 0.419 e. The second kappa shape index (κ2) is 9.08. The van der Waals surface area contributed by atoms with Gasteiger partial charge in [0.25, 0.3) is 0 Å². The first-order valence-electron chi connectivity index (χ1n) is 11.1. The fraction of sp³-hybridized carbons (Fsp3) is 0.522. The number of oxazole rings is 1. The number of benzene rings is 1. The van der Waals surface area contributed by atoms with Crippen molar-refractivity contribution in [3.05, 3.63) is 47.2 Å². The van der Waals surface area contributed by atoms with E-state index in [0.717, 1.165) is 61.2 Å². The topological polar surface area (TPSA) is 60.0 Å². The van der Waals surface area contributed by atoms with E-state index < -0.39 is 17.6 Å². The number of nitrogens with zero attached hydrogens (tertiary/aromatic N) is 5. The van der Waals surface area contributed by atoms with E-state index >= 15 is 0 Å². The number of hydrogen-bond donors (Lipinski definition) is 0. The van der Waals surface area contributed by atoms with Gasteiger partial charge in [0, 0.05) is 31.3 Å². The molecule has 35 heavy (non-hydrogen) atoms. The summed E-state index contributed by atoms with van der Waals surface area (Å²) in [6, 6.07) is 3.43. The van der Waals surface area contributed by atoms with E-state index in [0.29, 0.717) is 17.1 Å². The first kappa shape index (κ1) is 26.0. The lowest BCUT2D eigenvalue weighted by molar-refractivity contribution is -0.140. The molecule has 6 nitrogen and oxygen atoms in total. The average Bonchev–Trinajstić information content (AvgIpc) is 3.10. The van der Waals surface area contributed by atoms with Crippen LogP contribution in [0.5, 0.6) is 0 Å². The lowest BCUT2D eigenvalue weighted by Gasteiger charge is -2.21. The Balaban J connectivity index is 0.00000289. The van der Waals surface area contributed by atoms with Crippen molar-refractivity contribution >= 4 is 24.2 Å². The Kier molecular flexibility index (Phi) is 6.74. The van der Waals surface area contributed by atoms with Crippen molar-refractivity contribution in [2.45, 2.75) is 43.4 Å². The van der Waals surface area contributed by atoms with E-state index in [-0.39, 0.29) is 23.2 Å². The molecule has 2 atom stereocenters. The van der Waals surface area contributed by atoms with Gasteiger partial charge in [-0.25, -0.2) is 9.37 Å². The van der Waals surface area contributed by atoms with Crippen LogP contribution < -0.4 is 0 Å². The summed E-state index contributed by atoms with van der Waals surface area (Å²) >= 11 is 1.61. The second-order valence-electron chi connectivity index (χ2n) is 9.56. The largest absolute Gasteiger partial charge is 0.440 e. The Labute approximate surface area is 210 Å². The minimum atomic E-state index is -4.68. The smallest absolute Gasteiger partial charge is 0.419 e. The Morgan fingerprint density at radius 1 is 1.20 bits per heavy atom. The van der Waals surface area contributed by atoms with Crippen molar-refractivity contribution < 1.29 is 22.0 Å². The van der Waals surface area contributed by atoms with E-state index in [2.05, 4.69) is 27.0 Å². The molecule has 190 valence electrons. The zero-order valence-electron chi connectivity index (χ0n) is 19.5. The van der Waals surface area contributed by atoms with Crippen molar-refractivity contribution in [2.24, 2.45) is 12.5 Å². The number of aromatic nitrogens is 4. The van der Waals surface area contributed by atoms with Crippen LogP contribution in [-0.2, 0) is 18.6 Å². The van der Waals surface area contributed by atoms with Gasteiger partial charge < -0.3 is 13.9 Å². The first-order chi connectivity index (χ1) is 16.0. The van der Waals surface area contributed by atoms with Gasteiger partial charge in [0.1, 0.15) is 5.82 Å². The number of fused-ring (bicyclic) bond motifs is 1. The number of rotatable bonds is 7. The molecule has 0 bridgehead atoms. The highest BCUT2D eigenvalue weighted by Crippen LogP contribution is 2.68. The van der Waals surface area contributed by atoms with Crippen LogP contribution in [0.2, 0.25) is 0 Å². The van der Waals surface area contributed by atoms with E-state index in [4.69, 9.17) is 4.42 Å². The molecule has 2 aromatic heterocycles. The highest BCUT2D eigenvalue weighted by molar-refractivity contribution is 7.99. The van der Waals surface area contributed by atoms with Gasteiger partial charge in [-0.15, -0.1) is 22.6 Å². The molecule has 3 aromatic rings. The number of hydrogen-bond acceptors (Lipinski definition) is 6. The summed E-state index contributed by atoms with van der Waals surface area (Å²) in [7, 11) is 1.89. The summed E-state index contributed by atoms with van der Waals surface area (Å²) in [6.45, 7) is 6.45. The van der Waals surface area contributed by atoms with Crippen LogP contribution in [0.15, 0.2) is 34.2 Å². The minimum Gasteiger partial charge on any atom is -0.440 e. The molecule has 2 unspecified atom stereocenters. The van der Waals surface area contributed by atoms with E-state index in [9.17, 15) is 17.6 Å². The van der Waals surface area contributed by atoms with E-state index in [1.807, 2.05) is 18.5 Å². The summed E-state index contributed by atoms with van der Waals surface area (Å²) in [4.78, 5) is 6.43. The molecule has 1 aliphatic heterocycles. The third kappa shape index (κ3) is 4.46. The summed E-state index contributed by atoms with van der Waals surface area (Å²) in [5.74, 6) is 0.899. The Morgan fingerprint density at radius 3 is 2.63 bits per heavy atom.